The molecule has 36 heavy (non-hydrogen) atoms. The van der Waals surface area contributed by atoms with Gasteiger partial charge in [-0.05, 0) is 116 Å². The lowest BCUT2D eigenvalue weighted by Crippen LogP contribution is -2.31. The lowest BCUT2D eigenvalue weighted by atomic mass is 9.60. The van der Waals surface area contributed by atoms with Gasteiger partial charge in [-0.15, -0.1) is 13.2 Å². The highest BCUT2D eigenvalue weighted by molar-refractivity contribution is 5.31. The van der Waals surface area contributed by atoms with Crippen LogP contribution in [0.2, 0.25) is 0 Å². The quantitative estimate of drug-likeness (QED) is 0.244. The molecule has 2 saturated carbocycles. The molecule has 5 heteroatoms. The van der Waals surface area contributed by atoms with Gasteiger partial charge in [0, 0.05) is 0 Å². The Morgan fingerprint density at radius 2 is 1.53 bits per heavy atom. The zero-order valence-corrected chi connectivity index (χ0v) is 21.5. The predicted octanol–water partition coefficient (Wildman–Crippen LogP) is 9.92. The zero-order chi connectivity index (χ0) is 25.6. The van der Waals surface area contributed by atoms with Gasteiger partial charge in [0.15, 0.2) is 0 Å². The molecule has 0 N–H and O–H groups in total. The molecule has 0 atom stereocenters. The minimum atomic E-state index is -4.70. The third-order valence-corrected chi connectivity index (χ3v) is 8.82. The number of hydrogen-bond acceptors (Lipinski definition) is 1. The Morgan fingerprint density at radius 3 is 2.14 bits per heavy atom. The van der Waals surface area contributed by atoms with Crippen LogP contribution < -0.4 is 4.74 Å². The Balaban J connectivity index is 1.25. The van der Waals surface area contributed by atoms with Crippen LogP contribution in [-0.2, 0) is 12.8 Å². The van der Waals surface area contributed by atoms with Crippen LogP contribution in [0.1, 0.15) is 107 Å². The molecule has 0 saturated heterocycles. The number of halogens is 4. The summed E-state index contributed by atoms with van der Waals surface area (Å²) in [7, 11) is 0. The van der Waals surface area contributed by atoms with E-state index >= 15 is 0 Å². The van der Waals surface area contributed by atoms with Crippen molar-refractivity contribution >= 4 is 0 Å². The van der Waals surface area contributed by atoms with Crippen molar-refractivity contribution < 1.29 is 22.3 Å². The van der Waals surface area contributed by atoms with E-state index in [1.165, 1.54) is 76.3 Å². The Hall–Kier alpha value is -2.04. The predicted molar refractivity (Wildman–Crippen MR) is 137 cm³/mol. The molecule has 2 fully saturated rings. The first-order valence-electron chi connectivity index (χ1n) is 13.9. The number of hydrogen-bond donors (Lipinski definition) is 0. The molecule has 2 aliphatic carbocycles. The summed E-state index contributed by atoms with van der Waals surface area (Å²) in [6.07, 6.45) is 12.3. The average molecular weight is 505 g/mol. The van der Waals surface area contributed by atoms with Gasteiger partial charge in [0.2, 0.25) is 0 Å². The summed E-state index contributed by atoms with van der Waals surface area (Å²) < 4.78 is 55.8. The van der Waals surface area contributed by atoms with Crippen molar-refractivity contribution in [3.63, 3.8) is 0 Å². The topological polar surface area (TPSA) is 9.23 Å². The molecule has 1 nitrogen and oxygen atoms in total. The standard InChI is InChI=1S/C31H40F4O/c1-2-3-4-5-23-14-18-30(19-15-23)20-16-25(17-21-30)27-11-10-26(29(32)22-27)9-6-24-7-12-28(13-8-24)36-31(33,34)35/h7-8,10-13,22-23,25H,2-6,9,14-21H2,1H3. The van der Waals surface area contributed by atoms with Crippen LogP contribution >= 0.6 is 0 Å². The van der Waals surface area contributed by atoms with E-state index in [1.807, 2.05) is 6.07 Å². The van der Waals surface area contributed by atoms with E-state index in [1.54, 1.807) is 18.2 Å². The molecule has 0 aliphatic heterocycles. The number of unbranched alkanes of at least 4 members (excludes halogenated alkanes) is 2. The third kappa shape index (κ3) is 7.49. The number of ether oxygens (including phenoxy) is 1. The zero-order valence-electron chi connectivity index (χ0n) is 21.5. The highest BCUT2D eigenvalue weighted by atomic mass is 19.4. The SMILES string of the molecule is CCCCCC1CCC2(CC1)CCC(c1ccc(CCc3ccc(OC(F)(F)F)cc3)c(F)c1)CC2. The second kappa shape index (κ2) is 12.0. The number of alkyl halides is 3. The smallest absolute Gasteiger partial charge is 0.406 e. The molecule has 0 unspecified atom stereocenters. The van der Waals surface area contributed by atoms with Crippen molar-refractivity contribution in [1.82, 2.24) is 0 Å². The fourth-order valence-corrected chi connectivity index (χ4v) is 6.48. The lowest BCUT2D eigenvalue weighted by molar-refractivity contribution is -0.274. The normalized spacial score (nSPS) is 24.7. The van der Waals surface area contributed by atoms with E-state index in [-0.39, 0.29) is 11.6 Å². The van der Waals surface area contributed by atoms with Crippen molar-refractivity contribution in [1.29, 1.82) is 0 Å². The molecule has 0 bridgehead atoms. The summed E-state index contributed by atoms with van der Waals surface area (Å²) >= 11 is 0. The summed E-state index contributed by atoms with van der Waals surface area (Å²) in [5.74, 6) is 0.976. The van der Waals surface area contributed by atoms with Gasteiger partial charge in [-0.25, -0.2) is 4.39 Å². The van der Waals surface area contributed by atoms with Crippen LogP contribution in [0.3, 0.4) is 0 Å². The van der Waals surface area contributed by atoms with Gasteiger partial charge in [0.05, 0.1) is 0 Å². The first-order valence-corrected chi connectivity index (χ1v) is 13.9. The van der Waals surface area contributed by atoms with Gasteiger partial charge in [-0.1, -0.05) is 56.9 Å². The summed E-state index contributed by atoms with van der Waals surface area (Å²) in [5.41, 5.74) is 3.17. The minimum Gasteiger partial charge on any atom is -0.406 e. The van der Waals surface area contributed by atoms with Crippen molar-refractivity contribution in [3.05, 3.63) is 65.0 Å². The molecule has 2 aliphatic rings. The van der Waals surface area contributed by atoms with Crippen LogP contribution in [0, 0.1) is 17.2 Å². The Morgan fingerprint density at radius 1 is 0.861 bits per heavy atom. The number of aryl methyl sites for hydroxylation is 2. The second-order valence-electron chi connectivity index (χ2n) is 11.3. The second-order valence-corrected chi connectivity index (χ2v) is 11.3. The molecule has 2 aromatic rings. The largest absolute Gasteiger partial charge is 0.573 e. The fourth-order valence-electron chi connectivity index (χ4n) is 6.48. The van der Waals surface area contributed by atoms with Gasteiger partial charge in [0.1, 0.15) is 11.6 Å². The van der Waals surface area contributed by atoms with E-state index in [4.69, 9.17) is 0 Å². The molecule has 0 heterocycles. The molecule has 2 aromatic carbocycles. The summed E-state index contributed by atoms with van der Waals surface area (Å²) in [6.45, 7) is 2.27. The van der Waals surface area contributed by atoms with Crippen LogP contribution in [0.15, 0.2) is 42.5 Å². The number of rotatable bonds is 9. The highest BCUT2D eigenvalue weighted by Crippen LogP contribution is 2.52. The van der Waals surface area contributed by atoms with Crippen LogP contribution in [0.4, 0.5) is 17.6 Å². The van der Waals surface area contributed by atoms with E-state index in [2.05, 4.69) is 17.7 Å². The Kier molecular flexibility index (Phi) is 9.00. The van der Waals surface area contributed by atoms with Crippen molar-refractivity contribution in [3.8, 4) is 5.75 Å². The minimum absolute atomic E-state index is 0.169. The molecular weight excluding hydrogens is 464 g/mol. The molecule has 198 valence electrons. The van der Waals surface area contributed by atoms with Gasteiger partial charge < -0.3 is 4.74 Å². The fraction of sp³-hybridized carbons (Fsp3) is 0.613. The van der Waals surface area contributed by atoms with Gasteiger partial charge in [0.25, 0.3) is 0 Å². The third-order valence-electron chi connectivity index (χ3n) is 8.82. The first-order chi connectivity index (χ1) is 17.3. The molecule has 0 amide bonds. The maximum absolute atomic E-state index is 14.9. The van der Waals surface area contributed by atoms with Crippen LogP contribution in [-0.4, -0.2) is 6.36 Å². The maximum Gasteiger partial charge on any atom is 0.573 e. The lowest BCUT2D eigenvalue weighted by Gasteiger charge is -2.45. The molecule has 4 rings (SSSR count). The highest BCUT2D eigenvalue weighted by Gasteiger charge is 2.38. The molecule has 0 aromatic heterocycles. The van der Waals surface area contributed by atoms with E-state index in [0.717, 1.165) is 29.9 Å². The Bertz CT molecular complexity index is 948. The summed E-state index contributed by atoms with van der Waals surface area (Å²) in [6, 6.07) is 11.5. The summed E-state index contributed by atoms with van der Waals surface area (Å²) in [5, 5.41) is 0. The van der Waals surface area contributed by atoms with Crippen molar-refractivity contribution in [2.45, 2.75) is 109 Å². The Labute approximate surface area is 213 Å². The van der Waals surface area contributed by atoms with Crippen LogP contribution in [0.5, 0.6) is 5.75 Å². The maximum atomic E-state index is 14.9. The van der Waals surface area contributed by atoms with E-state index in [9.17, 15) is 17.6 Å². The summed E-state index contributed by atoms with van der Waals surface area (Å²) in [4.78, 5) is 0. The monoisotopic (exact) mass is 504 g/mol. The number of benzene rings is 2. The van der Waals surface area contributed by atoms with Crippen molar-refractivity contribution in [2.24, 2.45) is 11.3 Å². The van der Waals surface area contributed by atoms with E-state index < -0.39 is 6.36 Å². The molecule has 0 radical (unpaired) electrons. The molecular formula is C31H40F4O. The first kappa shape index (κ1) is 27.0. The van der Waals surface area contributed by atoms with Gasteiger partial charge in [-0.3, -0.25) is 0 Å². The van der Waals surface area contributed by atoms with Crippen molar-refractivity contribution in [2.75, 3.05) is 0 Å². The molecule has 1 spiro atoms. The van der Waals surface area contributed by atoms with Crippen LogP contribution in [0.25, 0.3) is 0 Å². The van der Waals surface area contributed by atoms with Gasteiger partial charge in [-0.2, -0.15) is 0 Å². The van der Waals surface area contributed by atoms with Gasteiger partial charge >= 0.3 is 6.36 Å². The average Bonchev–Trinajstić information content (AvgIpc) is 2.85. The van der Waals surface area contributed by atoms with E-state index in [0.29, 0.717) is 29.7 Å².